The first-order chi connectivity index (χ1) is 13.6. The lowest BCUT2D eigenvalue weighted by Crippen LogP contribution is -2.44. The average Bonchev–Trinajstić information content (AvgIpc) is 3.37. The van der Waals surface area contributed by atoms with Crippen LogP contribution in [0.2, 0.25) is 0 Å². The summed E-state index contributed by atoms with van der Waals surface area (Å²) in [5.74, 6) is 2.95. The number of thioether (sulfide) groups is 1. The Morgan fingerprint density at radius 1 is 1.32 bits per heavy atom. The van der Waals surface area contributed by atoms with Gasteiger partial charge in [-0.1, -0.05) is 0 Å². The topological polar surface area (TPSA) is 66.9 Å². The van der Waals surface area contributed by atoms with E-state index in [0.717, 1.165) is 60.0 Å². The molecule has 5 rings (SSSR count). The van der Waals surface area contributed by atoms with Gasteiger partial charge in [0.1, 0.15) is 5.82 Å². The van der Waals surface area contributed by atoms with Crippen molar-refractivity contribution >= 4 is 28.5 Å². The zero-order chi connectivity index (χ0) is 19.1. The molecule has 146 valence electrons. The van der Waals surface area contributed by atoms with Crippen LogP contribution in [-0.4, -0.2) is 51.5 Å². The van der Waals surface area contributed by atoms with E-state index in [1.165, 1.54) is 12.2 Å². The van der Waals surface area contributed by atoms with Crippen LogP contribution in [-0.2, 0) is 9.48 Å². The van der Waals surface area contributed by atoms with Gasteiger partial charge in [0.25, 0.3) is 0 Å². The lowest BCUT2D eigenvalue weighted by Gasteiger charge is -2.35. The second kappa shape index (κ2) is 7.04. The monoisotopic (exact) mass is 395 g/mol. The van der Waals surface area contributed by atoms with Gasteiger partial charge in [0.15, 0.2) is 5.82 Å². The molecule has 0 aromatic carbocycles. The van der Waals surface area contributed by atoms with Gasteiger partial charge in [-0.25, -0.2) is 9.97 Å². The number of pyridine rings is 1. The van der Waals surface area contributed by atoms with Gasteiger partial charge in [0.05, 0.1) is 41.4 Å². The van der Waals surface area contributed by atoms with E-state index in [-0.39, 0.29) is 4.75 Å². The highest BCUT2D eigenvalue weighted by Crippen LogP contribution is 2.46. The molecule has 2 aliphatic rings. The minimum atomic E-state index is 0.0431. The predicted octanol–water partition coefficient (Wildman–Crippen LogP) is 3.99. The summed E-state index contributed by atoms with van der Waals surface area (Å²) in [5, 5.41) is 1.11. The number of fused-ring (bicyclic) bond motifs is 1. The lowest BCUT2D eigenvalue weighted by molar-refractivity contribution is 0.0985. The molecule has 1 N–H and O–H groups in total. The number of H-pyrrole nitrogens is 1. The average molecular weight is 396 g/mol. The SMILES string of the molecule is CC1COCCN1c1cc(C2(C)CCCS2)nc(-c2cncc3[nH]ccc23)n1. The maximum absolute atomic E-state index is 5.64. The van der Waals surface area contributed by atoms with Crippen molar-refractivity contribution in [3.63, 3.8) is 0 Å². The molecule has 5 heterocycles. The van der Waals surface area contributed by atoms with E-state index in [0.29, 0.717) is 6.04 Å². The first kappa shape index (κ1) is 17.9. The van der Waals surface area contributed by atoms with Crippen molar-refractivity contribution in [1.29, 1.82) is 0 Å². The fourth-order valence-corrected chi connectivity index (χ4v) is 5.46. The Bertz CT molecular complexity index is 997. The Morgan fingerprint density at radius 2 is 2.25 bits per heavy atom. The predicted molar refractivity (Wildman–Crippen MR) is 114 cm³/mol. The Morgan fingerprint density at radius 3 is 3.07 bits per heavy atom. The molecular weight excluding hydrogens is 370 g/mol. The van der Waals surface area contributed by atoms with Crippen LogP contribution in [0.5, 0.6) is 0 Å². The third kappa shape index (κ3) is 3.06. The number of morpholine rings is 1. The standard InChI is InChI=1S/C21H25N5OS/c1-14-13-27-8-7-26(14)19-10-18(21(2)5-3-9-28-21)24-20(25-19)16-11-22-12-17-15(16)4-6-23-17/h4,6,10-12,14,23H,3,5,7-9,13H2,1-2H3. The highest BCUT2D eigenvalue weighted by atomic mass is 32.2. The second-order valence-corrected chi connectivity index (χ2v) is 9.46. The molecule has 0 saturated carbocycles. The molecule has 2 atom stereocenters. The number of ether oxygens (including phenoxy) is 1. The highest BCUT2D eigenvalue weighted by Gasteiger charge is 2.35. The third-order valence-electron chi connectivity index (χ3n) is 5.85. The molecular formula is C21H25N5OS. The smallest absolute Gasteiger partial charge is 0.164 e. The molecule has 7 heteroatoms. The van der Waals surface area contributed by atoms with Crippen molar-refractivity contribution in [3.05, 3.63) is 36.4 Å². The van der Waals surface area contributed by atoms with E-state index < -0.39 is 0 Å². The van der Waals surface area contributed by atoms with Crippen LogP contribution in [0.15, 0.2) is 30.7 Å². The summed E-state index contributed by atoms with van der Waals surface area (Å²) < 4.78 is 5.69. The molecule has 3 aromatic rings. The number of hydrogen-bond acceptors (Lipinski definition) is 6. The van der Waals surface area contributed by atoms with Crippen LogP contribution in [0.3, 0.4) is 0 Å². The number of aromatic nitrogens is 4. The molecule has 2 saturated heterocycles. The van der Waals surface area contributed by atoms with Crippen LogP contribution < -0.4 is 4.90 Å². The van der Waals surface area contributed by atoms with Crippen molar-refractivity contribution in [2.24, 2.45) is 0 Å². The lowest BCUT2D eigenvalue weighted by atomic mass is 10.0. The largest absolute Gasteiger partial charge is 0.377 e. The number of rotatable bonds is 3. The van der Waals surface area contributed by atoms with E-state index in [2.05, 4.69) is 40.8 Å². The highest BCUT2D eigenvalue weighted by molar-refractivity contribution is 8.00. The van der Waals surface area contributed by atoms with Crippen molar-refractivity contribution in [3.8, 4) is 11.4 Å². The number of nitrogens with one attached hydrogen (secondary N) is 1. The quantitative estimate of drug-likeness (QED) is 0.723. The summed E-state index contributed by atoms with van der Waals surface area (Å²) in [6.07, 6.45) is 8.06. The van der Waals surface area contributed by atoms with Crippen LogP contribution in [0.1, 0.15) is 32.4 Å². The number of nitrogens with zero attached hydrogens (tertiary/aromatic N) is 4. The summed E-state index contributed by atoms with van der Waals surface area (Å²) >= 11 is 2.01. The molecule has 0 amide bonds. The Labute approximate surface area is 169 Å². The van der Waals surface area contributed by atoms with Crippen LogP contribution in [0, 0.1) is 0 Å². The molecule has 6 nitrogen and oxygen atoms in total. The van der Waals surface area contributed by atoms with Crippen molar-refractivity contribution < 1.29 is 4.74 Å². The summed E-state index contributed by atoms with van der Waals surface area (Å²) in [4.78, 5) is 20.1. The van der Waals surface area contributed by atoms with Crippen molar-refractivity contribution in [2.45, 2.75) is 37.5 Å². The third-order valence-corrected chi connectivity index (χ3v) is 7.40. The Kier molecular flexibility index (Phi) is 4.51. The number of anilines is 1. The van der Waals surface area contributed by atoms with E-state index in [4.69, 9.17) is 14.7 Å². The van der Waals surface area contributed by atoms with Crippen LogP contribution in [0.4, 0.5) is 5.82 Å². The van der Waals surface area contributed by atoms with E-state index >= 15 is 0 Å². The number of hydrogen-bond donors (Lipinski definition) is 1. The zero-order valence-electron chi connectivity index (χ0n) is 16.3. The van der Waals surface area contributed by atoms with E-state index in [9.17, 15) is 0 Å². The van der Waals surface area contributed by atoms with Gasteiger partial charge in [-0.2, -0.15) is 0 Å². The summed E-state index contributed by atoms with van der Waals surface area (Å²) in [6, 6.07) is 4.58. The molecule has 0 radical (unpaired) electrons. The molecule has 28 heavy (non-hydrogen) atoms. The number of aromatic amines is 1. The van der Waals surface area contributed by atoms with Crippen molar-refractivity contribution in [1.82, 2.24) is 19.9 Å². The van der Waals surface area contributed by atoms with Gasteiger partial charge < -0.3 is 14.6 Å². The minimum Gasteiger partial charge on any atom is -0.377 e. The van der Waals surface area contributed by atoms with Gasteiger partial charge in [-0.15, -0.1) is 11.8 Å². The Balaban J connectivity index is 1.68. The summed E-state index contributed by atoms with van der Waals surface area (Å²) in [6.45, 7) is 6.84. The van der Waals surface area contributed by atoms with Gasteiger partial charge in [0.2, 0.25) is 0 Å². The minimum absolute atomic E-state index is 0.0431. The first-order valence-corrected chi connectivity index (χ1v) is 10.9. The molecule has 0 aliphatic carbocycles. The Hall–Kier alpha value is -2.12. The normalized spacial score (nSPS) is 25.5. The zero-order valence-corrected chi connectivity index (χ0v) is 17.1. The summed E-state index contributed by atoms with van der Waals surface area (Å²) in [7, 11) is 0. The van der Waals surface area contributed by atoms with Crippen LogP contribution in [0.25, 0.3) is 22.3 Å². The van der Waals surface area contributed by atoms with Gasteiger partial charge in [-0.3, -0.25) is 4.98 Å². The van der Waals surface area contributed by atoms with Gasteiger partial charge in [0, 0.05) is 36.0 Å². The molecule has 2 fully saturated rings. The molecule has 0 bridgehead atoms. The van der Waals surface area contributed by atoms with Crippen molar-refractivity contribution in [2.75, 3.05) is 30.4 Å². The van der Waals surface area contributed by atoms with Gasteiger partial charge in [-0.05, 0) is 38.5 Å². The fourth-order valence-electron chi connectivity index (χ4n) is 4.18. The molecule has 2 unspecified atom stereocenters. The first-order valence-electron chi connectivity index (χ1n) is 9.93. The molecule has 2 aliphatic heterocycles. The van der Waals surface area contributed by atoms with Crippen LogP contribution >= 0.6 is 11.8 Å². The molecule has 3 aromatic heterocycles. The summed E-state index contributed by atoms with van der Waals surface area (Å²) in [5.41, 5.74) is 3.12. The van der Waals surface area contributed by atoms with Gasteiger partial charge >= 0.3 is 0 Å². The fraction of sp³-hybridized carbons (Fsp3) is 0.476. The maximum Gasteiger partial charge on any atom is 0.164 e. The van der Waals surface area contributed by atoms with E-state index in [1.54, 1.807) is 0 Å². The van der Waals surface area contributed by atoms with E-state index in [1.807, 2.05) is 30.4 Å². The second-order valence-electron chi connectivity index (χ2n) is 7.86. The molecule has 0 spiro atoms. The maximum atomic E-state index is 5.64.